The SMILES string of the molecule is CCC(O)CCCC(=O)NOC(=O)c1ccccc1. The number of aliphatic hydroxyl groups excluding tert-OH is 1. The Labute approximate surface area is 112 Å². The second kappa shape index (κ2) is 8.26. The number of benzene rings is 1. The van der Waals surface area contributed by atoms with Crippen LogP contribution in [0.15, 0.2) is 30.3 Å². The minimum atomic E-state index is -0.595. The van der Waals surface area contributed by atoms with E-state index in [1.54, 1.807) is 30.3 Å². The topological polar surface area (TPSA) is 75.6 Å². The molecule has 5 heteroatoms. The van der Waals surface area contributed by atoms with Gasteiger partial charge in [0, 0.05) is 6.42 Å². The van der Waals surface area contributed by atoms with Crippen LogP contribution in [0.1, 0.15) is 43.0 Å². The molecule has 0 saturated heterocycles. The summed E-state index contributed by atoms with van der Waals surface area (Å²) in [5, 5.41) is 9.32. The summed E-state index contributed by atoms with van der Waals surface area (Å²) in [4.78, 5) is 27.6. The third-order valence-corrected chi connectivity index (χ3v) is 2.68. The zero-order chi connectivity index (χ0) is 14.1. The molecule has 0 fully saturated rings. The van der Waals surface area contributed by atoms with Crippen LogP contribution in [0.4, 0.5) is 0 Å². The summed E-state index contributed by atoms with van der Waals surface area (Å²) in [6.07, 6.45) is 1.64. The Morgan fingerprint density at radius 1 is 1.32 bits per heavy atom. The van der Waals surface area contributed by atoms with Gasteiger partial charge in [-0.25, -0.2) is 4.79 Å². The summed E-state index contributed by atoms with van der Waals surface area (Å²) in [7, 11) is 0. The maximum Gasteiger partial charge on any atom is 0.362 e. The third-order valence-electron chi connectivity index (χ3n) is 2.68. The summed E-state index contributed by atoms with van der Waals surface area (Å²) in [6.45, 7) is 1.88. The number of carbonyl (C=O) groups excluding carboxylic acids is 2. The lowest BCUT2D eigenvalue weighted by atomic mass is 10.1. The Morgan fingerprint density at radius 2 is 2.00 bits per heavy atom. The summed E-state index contributed by atoms with van der Waals surface area (Å²) in [5.74, 6) is -0.963. The van der Waals surface area contributed by atoms with Crippen molar-refractivity contribution in [2.45, 2.75) is 38.7 Å². The fraction of sp³-hybridized carbons (Fsp3) is 0.429. The molecule has 1 rings (SSSR count). The summed E-state index contributed by atoms with van der Waals surface area (Å²) < 4.78 is 0. The van der Waals surface area contributed by atoms with Gasteiger partial charge in [-0.2, -0.15) is 5.48 Å². The highest BCUT2D eigenvalue weighted by molar-refractivity contribution is 5.90. The number of hydrogen-bond donors (Lipinski definition) is 2. The lowest BCUT2D eigenvalue weighted by Crippen LogP contribution is -2.27. The van der Waals surface area contributed by atoms with Gasteiger partial charge in [0.15, 0.2) is 0 Å². The van der Waals surface area contributed by atoms with Crippen LogP contribution in [0.3, 0.4) is 0 Å². The molecule has 0 heterocycles. The second-order valence-corrected chi connectivity index (χ2v) is 4.24. The molecule has 0 bridgehead atoms. The number of nitrogens with one attached hydrogen (secondary N) is 1. The predicted molar refractivity (Wildman–Crippen MR) is 70.1 cm³/mol. The average Bonchev–Trinajstić information content (AvgIpc) is 2.45. The Kier molecular flexibility index (Phi) is 6.60. The van der Waals surface area contributed by atoms with Gasteiger partial charge < -0.3 is 9.94 Å². The molecular formula is C14H19NO4. The van der Waals surface area contributed by atoms with Gasteiger partial charge in [0.05, 0.1) is 11.7 Å². The standard InChI is InChI=1S/C14H19NO4/c1-2-12(16)9-6-10-13(17)15-19-14(18)11-7-4-3-5-8-11/h3-5,7-8,12,16H,2,6,9-10H2,1H3,(H,15,17). The van der Waals surface area contributed by atoms with Crippen molar-refractivity contribution >= 4 is 11.9 Å². The van der Waals surface area contributed by atoms with Gasteiger partial charge in [-0.05, 0) is 31.4 Å². The van der Waals surface area contributed by atoms with Gasteiger partial charge in [0.25, 0.3) is 5.91 Å². The van der Waals surface area contributed by atoms with Gasteiger partial charge in [-0.3, -0.25) is 4.79 Å². The monoisotopic (exact) mass is 265 g/mol. The van der Waals surface area contributed by atoms with Crippen LogP contribution in [0.2, 0.25) is 0 Å². The highest BCUT2D eigenvalue weighted by atomic mass is 16.7. The van der Waals surface area contributed by atoms with Crippen molar-refractivity contribution in [2.75, 3.05) is 0 Å². The first kappa shape index (κ1) is 15.2. The maximum absolute atomic E-state index is 11.5. The largest absolute Gasteiger partial charge is 0.393 e. The molecular weight excluding hydrogens is 246 g/mol. The van der Waals surface area contributed by atoms with Crippen molar-refractivity contribution < 1.29 is 19.5 Å². The molecule has 2 N–H and O–H groups in total. The normalized spacial score (nSPS) is 11.7. The number of hydrogen-bond acceptors (Lipinski definition) is 4. The molecule has 1 aromatic carbocycles. The van der Waals surface area contributed by atoms with Crippen LogP contribution in [0, 0.1) is 0 Å². The molecule has 0 saturated carbocycles. The van der Waals surface area contributed by atoms with Crippen LogP contribution in [0.25, 0.3) is 0 Å². The minimum Gasteiger partial charge on any atom is -0.393 e. The molecule has 0 aliphatic heterocycles. The predicted octanol–water partition coefficient (Wildman–Crippen LogP) is 1.82. The van der Waals surface area contributed by atoms with E-state index < -0.39 is 5.97 Å². The van der Waals surface area contributed by atoms with Crippen molar-refractivity contribution in [1.82, 2.24) is 5.48 Å². The number of amides is 1. The molecule has 1 amide bonds. The highest BCUT2D eigenvalue weighted by Gasteiger charge is 2.09. The van der Waals surface area contributed by atoms with Gasteiger partial charge in [0.2, 0.25) is 0 Å². The third kappa shape index (κ3) is 6.01. The second-order valence-electron chi connectivity index (χ2n) is 4.24. The van der Waals surface area contributed by atoms with E-state index in [1.807, 2.05) is 6.92 Å². The fourth-order valence-corrected chi connectivity index (χ4v) is 1.49. The molecule has 5 nitrogen and oxygen atoms in total. The Balaban J connectivity index is 2.22. The lowest BCUT2D eigenvalue weighted by Gasteiger charge is -2.07. The van der Waals surface area contributed by atoms with Crippen LogP contribution >= 0.6 is 0 Å². The number of hydroxylamine groups is 1. The number of carbonyl (C=O) groups is 2. The van der Waals surface area contributed by atoms with Crippen LogP contribution < -0.4 is 5.48 Å². The molecule has 19 heavy (non-hydrogen) atoms. The fourth-order valence-electron chi connectivity index (χ4n) is 1.49. The zero-order valence-electron chi connectivity index (χ0n) is 11.0. The average molecular weight is 265 g/mol. The summed E-state index contributed by atoms with van der Waals surface area (Å²) in [6, 6.07) is 8.42. The number of rotatable bonds is 6. The first-order valence-electron chi connectivity index (χ1n) is 6.36. The molecule has 0 radical (unpaired) electrons. The summed E-state index contributed by atoms with van der Waals surface area (Å²) >= 11 is 0. The van der Waals surface area contributed by atoms with Crippen LogP contribution in [-0.2, 0) is 9.63 Å². The maximum atomic E-state index is 11.5. The van der Waals surface area contributed by atoms with Crippen molar-refractivity contribution in [3.05, 3.63) is 35.9 Å². The molecule has 1 atom stereocenters. The van der Waals surface area contributed by atoms with Gasteiger partial charge in [-0.1, -0.05) is 25.1 Å². The van der Waals surface area contributed by atoms with Gasteiger partial charge in [0.1, 0.15) is 0 Å². The smallest absolute Gasteiger partial charge is 0.362 e. The Morgan fingerprint density at radius 3 is 2.63 bits per heavy atom. The lowest BCUT2D eigenvalue weighted by molar-refractivity contribution is -0.130. The molecule has 0 spiro atoms. The zero-order valence-corrected chi connectivity index (χ0v) is 11.0. The van der Waals surface area contributed by atoms with E-state index in [1.165, 1.54) is 0 Å². The van der Waals surface area contributed by atoms with Crippen molar-refractivity contribution in [2.24, 2.45) is 0 Å². The van der Waals surface area contributed by atoms with E-state index in [0.29, 0.717) is 24.8 Å². The quantitative estimate of drug-likeness (QED) is 0.769. The minimum absolute atomic E-state index is 0.221. The molecule has 104 valence electrons. The highest BCUT2D eigenvalue weighted by Crippen LogP contribution is 2.04. The van der Waals surface area contributed by atoms with Crippen molar-refractivity contribution in [3.8, 4) is 0 Å². The van der Waals surface area contributed by atoms with Gasteiger partial charge in [-0.15, -0.1) is 0 Å². The van der Waals surface area contributed by atoms with E-state index in [2.05, 4.69) is 10.3 Å². The van der Waals surface area contributed by atoms with Crippen molar-refractivity contribution in [3.63, 3.8) is 0 Å². The number of aliphatic hydroxyl groups is 1. The molecule has 0 aliphatic rings. The van der Waals surface area contributed by atoms with Crippen LogP contribution in [-0.4, -0.2) is 23.1 Å². The van der Waals surface area contributed by atoms with Crippen molar-refractivity contribution in [1.29, 1.82) is 0 Å². The van der Waals surface area contributed by atoms with E-state index in [4.69, 9.17) is 0 Å². The summed E-state index contributed by atoms with van der Waals surface area (Å²) in [5.41, 5.74) is 2.48. The van der Waals surface area contributed by atoms with Crippen LogP contribution in [0.5, 0.6) is 0 Å². The molecule has 0 aliphatic carbocycles. The first-order chi connectivity index (χ1) is 9.13. The molecule has 1 unspecified atom stereocenters. The Hall–Kier alpha value is -1.88. The molecule has 1 aromatic rings. The van der Waals surface area contributed by atoms with E-state index in [-0.39, 0.29) is 18.4 Å². The van der Waals surface area contributed by atoms with E-state index in [9.17, 15) is 14.7 Å². The Bertz CT molecular complexity index is 405. The van der Waals surface area contributed by atoms with E-state index in [0.717, 1.165) is 0 Å². The molecule has 0 aromatic heterocycles. The first-order valence-corrected chi connectivity index (χ1v) is 6.36. The van der Waals surface area contributed by atoms with E-state index >= 15 is 0 Å². The van der Waals surface area contributed by atoms with Gasteiger partial charge >= 0.3 is 5.97 Å².